The topological polar surface area (TPSA) is 15.3 Å². The summed E-state index contributed by atoms with van der Waals surface area (Å²) in [6.45, 7) is 6.42. The van der Waals surface area contributed by atoms with Crippen molar-refractivity contribution in [3.63, 3.8) is 0 Å². The van der Waals surface area contributed by atoms with E-state index in [9.17, 15) is 0 Å². The lowest BCUT2D eigenvalue weighted by atomic mass is 9.78. The maximum atomic E-state index is 4.01. The normalized spacial score (nSPS) is 34.7. The average molecular weight is 293 g/mol. The molecule has 1 aliphatic heterocycles. The highest BCUT2D eigenvalue weighted by Gasteiger charge is 2.38. The van der Waals surface area contributed by atoms with Crippen LogP contribution >= 0.6 is 0 Å². The minimum atomic E-state index is 0.516. The van der Waals surface area contributed by atoms with Crippen molar-refractivity contribution in [1.29, 1.82) is 0 Å². The van der Waals surface area contributed by atoms with E-state index < -0.39 is 0 Å². The Bertz CT molecular complexity index is 295. The second-order valence-electron chi connectivity index (χ2n) is 8.17. The van der Waals surface area contributed by atoms with Crippen molar-refractivity contribution < 1.29 is 0 Å². The molecule has 0 amide bonds. The molecule has 21 heavy (non-hydrogen) atoms. The molecule has 1 saturated heterocycles. The van der Waals surface area contributed by atoms with Gasteiger partial charge in [0.15, 0.2) is 0 Å². The Morgan fingerprint density at radius 3 is 2.14 bits per heavy atom. The van der Waals surface area contributed by atoms with Crippen LogP contribution in [0.1, 0.15) is 84.0 Å². The third-order valence-corrected chi connectivity index (χ3v) is 6.55. The van der Waals surface area contributed by atoms with E-state index in [2.05, 4.69) is 17.1 Å². The van der Waals surface area contributed by atoms with Gasteiger partial charge in [-0.1, -0.05) is 32.6 Å². The summed E-state index contributed by atoms with van der Waals surface area (Å²) in [5.74, 6) is 0.966. The van der Waals surface area contributed by atoms with E-state index in [1.54, 1.807) is 0 Å². The van der Waals surface area contributed by atoms with Crippen LogP contribution in [0.25, 0.3) is 0 Å². The van der Waals surface area contributed by atoms with Crippen molar-refractivity contribution in [3.8, 4) is 0 Å². The van der Waals surface area contributed by atoms with E-state index in [4.69, 9.17) is 0 Å². The van der Waals surface area contributed by atoms with Gasteiger partial charge < -0.3 is 5.32 Å². The van der Waals surface area contributed by atoms with Crippen LogP contribution in [0, 0.1) is 5.92 Å². The van der Waals surface area contributed by atoms with Crippen molar-refractivity contribution >= 4 is 0 Å². The molecule has 0 spiro atoms. The summed E-state index contributed by atoms with van der Waals surface area (Å²) >= 11 is 0. The molecule has 3 fully saturated rings. The third kappa shape index (κ3) is 4.01. The van der Waals surface area contributed by atoms with Gasteiger partial charge in [0.2, 0.25) is 0 Å². The molecule has 0 atom stereocenters. The van der Waals surface area contributed by atoms with Gasteiger partial charge in [0.25, 0.3) is 0 Å². The monoisotopic (exact) mass is 292 g/mol. The minimum Gasteiger partial charge on any atom is -0.312 e. The lowest BCUT2D eigenvalue weighted by Gasteiger charge is -2.49. The molecule has 0 aromatic carbocycles. The quantitative estimate of drug-likeness (QED) is 0.829. The number of likely N-dealkylation sites (tertiary alicyclic amines) is 1. The standard InChI is InChI=1S/C19H36N2/c1-17-8-10-18(11-9-17)20-16-19(12-4-2-5-13-19)21-14-6-3-7-15-21/h17-18,20H,2-16H2,1H3. The van der Waals surface area contributed by atoms with Gasteiger partial charge in [0.1, 0.15) is 0 Å². The highest BCUT2D eigenvalue weighted by atomic mass is 15.2. The van der Waals surface area contributed by atoms with Gasteiger partial charge in [-0.15, -0.1) is 0 Å². The van der Waals surface area contributed by atoms with Gasteiger partial charge in [-0.25, -0.2) is 0 Å². The fourth-order valence-electron chi connectivity index (χ4n) is 4.98. The zero-order chi connectivity index (χ0) is 14.5. The van der Waals surface area contributed by atoms with Gasteiger partial charge >= 0.3 is 0 Å². The molecule has 3 rings (SSSR count). The first-order chi connectivity index (χ1) is 10.3. The summed E-state index contributed by atoms with van der Waals surface area (Å²) in [7, 11) is 0. The molecule has 2 heteroatoms. The van der Waals surface area contributed by atoms with Crippen LogP contribution in [0.5, 0.6) is 0 Å². The van der Waals surface area contributed by atoms with Crippen molar-refractivity contribution in [1.82, 2.24) is 10.2 Å². The summed E-state index contributed by atoms with van der Waals surface area (Å²) in [5.41, 5.74) is 0.516. The van der Waals surface area contributed by atoms with Crippen LogP contribution in [-0.2, 0) is 0 Å². The van der Waals surface area contributed by atoms with E-state index in [0.717, 1.165) is 12.0 Å². The fraction of sp³-hybridized carbons (Fsp3) is 1.00. The summed E-state index contributed by atoms with van der Waals surface area (Å²) in [6.07, 6.45) is 17.3. The predicted octanol–water partition coefficient (Wildman–Crippen LogP) is 4.34. The molecule has 0 bridgehead atoms. The summed E-state index contributed by atoms with van der Waals surface area (Å²) in [4.78, 5) is 2.88. The highest BCUT2D eigenvalue weighted by molar-refractivity contribution is 4.97. The second kappa shape index (κ2) is 7.46. The Labute approximate surface area is 132 Å². The average Bonchev–Trinajstić information content (AvgIpc) is 2.56. The van der Waals surface area contributed by atoms with Crippen molar-refractivity contribution in [2.45, 2.75) is 95.6 Å². The Morgan fingerprint density at radius 1 is 0.857 bits per heavy atom. The van der Waals surface area contributed by atoms with Gasteiger partial charge in [0, 0.05) is 18.1 Å². The molecule has 2 saturated carbocycles. The van der Waals surface area contributed by atoms with Gasteiger partial charge in [0.05, 0.1) is 0 Å². The largest absolute Gasteiger partial charge is 0.312 e. The first kappa shape index (κ1) is 15.8. The highest BCUT2D eigenvalue weighted by Crippen LogP contribution is 2.35. The van der Waals surface area contributed by atoms with E-state index >= 15 is 0 Å². The van der Waals surface area contributed by atoms with Gasteiger partial charge in [-0.05, 0) is 70.4 Å². The Hall–Kier alpha value is -0.0800. The van der Waals surface area contributed by atoms with Crippen molar-refractivity contribution in [2.24, 2.45) is 5.92 Å². The van der Waals surface area contributed by atoms with Crippen molar-refractivity contribution in [2.75, 3.05) is 19.6 Å². The zero-order valence-corrected chi connectivity index (χ0v) is 14.2. The molecule has 2 nitrogen and oxygen atoms in total. The molecule has 2 aliphatic carbocycles. The molecule has 0 unspecified atom stereocenters. The first-order valence-corrected chi connectivity index (χ1v) is 9.77. The smallest absolute Gasteiger partial charge is 0.0334 e. The number of hydrogen-bond donors (Lipinski definition) is 1. The molecular weight excluding hydrogens is 256 g/mol. The van der Waals surface area contributed by atoms with Crippen molar-refractivity contribution in [3.05, 3.63) is 0 Å². The molecule has 0 aromatic rings. The molecule has 0 radical (unpaired) electrons. The van der Waals surface area contributed by atoms with Crippen LogP contribution < -0.4 is 5.32 Å². The van der Waals surface area contributed by atoms with Crippen LogP contribution in [0.2, 0.25) is 0 Å². The third-order valence-electron chi connectivity index (χ3n) is 6.55. The Morgan fingerprint density at radius 2 is 1.48 bits per heavy atom. The Balaban J connectivity index is 1.56. The van der Waals surface area contributed by atoms with Gasteiger partial charge in [-0.2, -0.15) is 0 Å². The number of nitrogens with one attached hydrogen (secondary N) is 1. The zero-order valence-electron chi connectivity index (χ0n) is 14.2. The molecule has 1 N–H and O–H groups in total. The lowest BCUT2D eigenvalue weighted by Crippen LogP contribution is -2.58. The predicted molar refractivity (Wildman–Crippen MR) is 90.7 cm³/mol. The molecule has 1 heterocycles. The summed E-state index contributed by atoms with van der Waals surface area (Å²) in [6, 6.07) is 0.810. The van der Waals surface area contributed by atoms with E-state index in [1.165, 1.54) is 96.7 Å². The van der Waals surface area contributed by atoms with E-state index in [-0.39, 0.29) is 0 Å². The number of nitrogens with zero attached hydrogens (tertiary/aromatic N) is 1. The maximum absolute atomic E-state index is 4.01. The van der Waals surface area contributed by atoms with Gasteiger partial charge in [-0.3, -0.25) is 4.90 Å². The fourth-order valence-corrected chi connectivity index (χ4v) is 4.98. The van der Waals surface area contributed by atoms with Crippen LogP contribution in [0.3, 0.4) is 0 Å². The van der Waals surface area contributed by atoms with E-state index in [0.29, 0.717) is 5.54 Å². The Kier molecular flexibility index (Phi) is 5.61. The van der Waals surface area contributed by atoms with Crippen LogP contribution in [0.4, 0.5) is 0 Å². The van der Waals surface area contributed by atoms with Crippen LogP contribution in [-0.4, -0.2) is 36.1 Å². The molecular formula is C19H36N2. The molecule has 0 aromatic heterocycles. The van der Waals surface area contributed by atoms with E-state index in [1.807, 2.05) is 0 Å². The summed E-state index contributed by atoms with van der Waals surface area (Å²) < 4.78 is 0. The SMILES string of the molecule is CC1CCC(NCC2(N3CCCCC3)CCCCC2)CC1. The molecule has 3 aliphatic rings. The molecule has 122 valence electrons. The minimum absolute atomic E-state index is 0.516. The van der Waals surface area contributed by atoms with Crippen LogP contribution in [0.15, 0.2) is 0 Å². The lowest BCUT2D eigenvalue weighted by molar-refractivity contribution is 0.0300. The number of rotatable bonds is 4. The first-order valence-electron chi connectivity index (χ1n) is 9.77. The number of hydrogen-bond acceptors (Lipinski definition) is 2. The maximum Gasteiger partial charge on any atom is 0.0334 e. The summed E-state index contributed by atoms with van der Waals surface area (Å²) in [5, 5.41) is 4.01. The second-order valence-corrected chi connectivity index (χ2v) is 8.17. The number of piperidine rings is 1.